The van der Waals surface area contributed by atoms with Gasteiger partial charge in [0.2, 0.25) is 5.91 Å². The number of nitrogens with zero attached hydrogens (tertiary/aromatic N) is 1. The topological polar surface area (TPSA) is 57.6 Å². The summed E-state index contributed by atoms with van der Waals surface area (Å²) in [7, 11) is 0. The minimum Gasteiger partial charge on any atom is -0.481 e. The first-order valence-corrected chi connectivity index (χ1v) is 7.23. The van der Waals surface area contributed by atoms with Crippen molar-refractivity contribution < 1.29 is 14.7 Å². The zero-order valence-electron chi connectivity index (χ0n) is 10.7. The first kappa shape index (κ1) is 12.0. The van der Waals surface area contributed by atoms with Crippen molar-refractivity contribution in [2.24, 2.45) is 11.8 Å². The van der Waals surface area contributed by atoms with E-state index in [2.05, 4.69) is 0 Å². The van der Waals surface area contributed by atoms with Crippen molar-refractivity contribution in [1.29, 1.82) is 0 Å². The quantitative estimate of drug-likeness (QED) is 0.817. The number of fused-ring (bicyclic) bond motifs is 2. The molecule has 0 aromatic rings. The van der Waals surface area contributed by atoms with Gasteiger partial charge in [0.1, 0.15) is 0 Å². The second kappa shape index (κ2) is 4.56. The van der Waals surface area contributed by atoms with Gasteiger partial charge in [-0.15, -0.1) is 0 Å². The molecule has 0 aromatic carbocycles. The lowest BCUT2D eigenvalue weighted by Crippen LogP contribution is -2.42. The van der Waals surface area contributed by atoms with Crippen LogP contribution in [0.25, 0.3) is 0 Å². The Morgan fingerprint density at radius 1 is 1.00 bits per heavy atom. The lowest BCUT2D eigenvalue weighted by atomic mass is 9.88. The van der Waals surface area contributed by atoms with Crippen LogP contribution in [-0.4, -0.2) is 34.0 Å². The van der Waals surface area contributed by atoms with Crippen LogP contribution in [0.1, 0.15) is 51.4 Å². The molecule has 2 aliphatic heterocycles. The Hall–Kier alpha value is -1.06. The van der Waals surface area contributed by atoms with Crippen LogP contribution in [0.15, 0.2) is 0 Å². The molecule has 3 aliphatic rings. The number of carbonyl (C=O) groups is 2. The number of hydrogen-bond acceptors (Lipinski definition) is 2. The zero-order valence-corrected chi connectivity index (χ0v) is 10.7. The molecule has 2 saturated heterocycles. The highest BCUT2D eigenvalue weighted by molar-refractivity contribution is 5.82. The standard InChI is InChI=1S/C14H21NO3/c16-13(9-4-2-1-3-5-9)15-10-6-7-12(15)11(8-10)14(17)18/h9-12H,1-8H2,(H,17,18). The second-order valence-corrected chi connectivity index (χ2v) is 6.06. The Labute approximate surface area is 107 Å². The molecule has 4 nitrogen and oxygen atoms in total. The average Bonchev–Trinajstić information content (AvgIpc) is 2.96. The van der Waals surface area contributed by atoms with Gasteiger partial charge >= 0.3 is 5.97 Å². The third kappa shape index (κ3) is 1.82. The number of amides is 1. The predicted molar refractivity (Wildman–Crippen MR) is 66.0 cm³/mol. The van der Waals surface area contributed by atoms with Crippen molar-refractivity contribution in [3.05, 3.63) is 0 Å². The van der Waals surface area contributed by atoms with Gasteiger partial charge in [-0.2, -0.15) is 0 Å². The normalized spacial score (nSPS) is 36.0. The second-order valence-electron chi connectivity index (χ2n) is 6.06. The van der Waals surface area contributed by atoms with Gasteiger partial charge in [0.05, 0.1) is 5.92 Å². The molecule has 3 rings (SSSR count). The fourth-order valence-corrected chi connectivity index (χ4v) is 4.16. The van der Waals surface area contributed by atoms with Crippen LogP contribution in [-0.2, 0) is 9.59 Å². The molecule has 0 radical (unpaired) electrons. The lowest BCUT2D eigenvalue weighted by molar-refractivity contribution is -0.143. The monoisotopic (exact) mass is 251 g/mol. The molecule has 3 fully saturated rings. The Kier molecular flexibility index (Phi) is 3.04. The predicted octanol–water partition coefficient (Wildman–Crippen LogP) is 2.03. The van der Waals surface area contributed by atoms with Gasteiger partial charge in [0, 0.05) is 18.0 Å². The van der Waals surface area contributed by atoms with Crippen molar-refractivity contribution in [1.82, 2.24) is 4.90 Å². The summed E-state index contributed by atoms with van der Waals surface area (Å²) >= 11 is 0. The van der Waals surface area contributed by atoms with E-state index < -0.39 is 5.97 Å². The van der Waals surface area contributed by atoms with E-state index in [0.29, 0.717) is 6.42 Å². The summed E-state index contributed by atoms with van der Waals surface area (Å²) in [5, 5.41) is 9.21. The van der Waals surface area contributed by atoms with Crippen molar-refractivity contribution in [3.63, 3.8) is 0 Å². The zero-order chi connectivity index (χ0) is 12.7. The third-order valence-corrected chi connectivity index (χ3v) is 5.06. The van der Waals surface area contributed by atoms with Gasteiger partial charge in [-0.05, 0) is 32.1 Å². The number of carboxylic acids is 1. The molecule has 4 heteroatoms. The number of carbonyl (C=O) groups excluding carboxylic acids is 1. The maximum Gasteiger partial charge on any atom is 0.308 e. The Morgan fingerprint density at radius 2 is 1.72 bits per heavy atom. The molecule has 100 valence electrons. The van der Waals surface area contributed by atoms with Gasteiger partial charge in [-0.1, -0.05) is 19.3 Å². The van der Waals surface area contributed by atoms with E-state index in [0.717, 1.165) is 38.5 Å². The lowest BCUT2D eigenvalue weighted by Gasteiger charge is -2.29. The molecule has 1 N–H and O–H groups in total. The Bertz CT molecular complexity index is 362. The molecule has 1 aliphatic carbocycles. The van der Waals surface area contributed by atoms with Crippen LogP contribution in [0, 0.1) is 11.8 Å². The van der Waals surface area contributed by atoms with E-state index in [1.165, 1.54) is 6.42 Å². The summed E-state index contributed by atoms with van der Waals surface area (Å²) in [6.45, 7) is 0. The largest absolute Gasteiger partial charge is 0.481 e. The molecular weight excluding hydrogens is 230 g/mol. The van der Waals surface area contributed by atoms with E-state index >= 15 is 0 Å². The van der Waals surface area contributed by atoms with Crippen LogP contribution >= 0.6 is 0 Å². The molecule has 1 amide bonds. The van der Waals surface area contributed by atoms with Gasteiger partial charge in [0.15, 0.2) is 0 Å². The Balaban J connectivity index is 1.72. The summed E-state index contributed by atoms with van der Waals surface area (Å²) in [6, 6.07) is 0.201. The van der Waals surface area contributed by atoms with Crippen molar-refractivity contribution in [2.45, 2.75) is 63.5 Å². The smallest absolute Gasteiger partial charge is 0.308 e. The minimum absolute atomic E-state index is 0.0121. The van der Waals surface area contributed by atoms with Gasteiger partial charge in [0.25, 0.3) is 0 Å². The average molecular weight is 251 g/mol. The first-order chi connectivity index (χ1) is 8.68. The van der Waals surface area contributed by atoms with E-state index in [1.807, 2.05) is 4.90 Å². The summed E-state index contributed by atoms with van der Waals surface area (Å²) in [5.74, 6) is -0.597. The maximum absolute atomic E-state index is 12.6. The van der Waals surface area contributed by atoms with Crippen molar-refractivity contribution >= 4 is 11.9 Å². The molecule has 2 bridgehead atoms. The van der Waals surface area contributed by atoms with E-state index in [9.17, 15) is 14.7 Å². The Morgan fingerprint density at radius 3 is 2.33 bits per heavy atom. The summed E-state index contributed by atoms with van der Waals surface area (Å²) in [6.07, 6.45) is 8.14. The summed E-state index contributed by atoms with van der Waals surface area (Å²) < 4.78 is 0. The molecule has 3 atom stereocenters. The summed E-state index contributed by atoms with van der Waals surface area (Å²) in [4.78, 5) is 25.7. The minimum atomic E-state index is -0.719. The highest BCUT2D eigenvalue weighted by Crippen LogP contribution is 2.43. The number of hydrogen-bond donors (Lipinski definition) is 1. The fourth-order valence-electron chi connectivity index (χ4n) is 4.16. The highest BCUT2D eigenvalue weighted by Gasteiger charge is 2.52. The number of carboxylic acid groups (broad SMARTS) is 1. The van der Waals surface area contributed by atoms with Crippen LogP contribution in [0.3, 0.4) is 0 Å². The third-order valence-electron chi connectivity index (χ3n) is 5.06. The molecule has 1 saturated carbocycles. The molecule has 2 heterocycles. The van der Waals surface area contributed by atoms with Gasteiger partial charge in [-0.25, -0.2) is 0 Å². The molecule has 3 unspecified atom stereocenters. The molecule has 18 heavy (non-hydrogen) atoms. The number of rotatable bonds is 2. The van der Waals surface area contributed by atoms with Gasteiger partial charge in [-0.3, -0.25) is 9.59 Å². The van der Waals surface area contributed by atoms with E-state index in [-0.39, 0.29) is 29.8 Å². The van der Waals surface area contributed by atoms with Crippen molar-refractivity contribution in [2.75, 3.05) is 0 Å². The maximum atomic E-state index is 12.6. The number of aliphatic carboxylic acids is 1. The van der Waals surface area contributed by atoms with Gasteiger partial charge < -0.3 is 10.0 Å². The first-order valence-electron chi connectivity index (χ1n) is 7.23. The van der Waals surface area contributed by atoms with E-state index in [4.69, 9.17) is 0 Å². The van der Waals surface area contributed by atoms with E-state index in [1.54, 1.807) is 0 Å². The molecular formula is C14H21NO3. The van der Waals surface area contributed by atoms with Crippen molar-refractivity contribution in [3.8, 4) is 0 Å². The van der Waals surface area contributed by atoms with Crippen LogP contribution in [0.5, 0.6) is 0 Å². The highest BCUT2D eigenvalue weighted by atomic mass is 16.4. The fraction of sp³-hybridized carbons (Fsp3) is 0.857. The van der Waals surface area contributed by atoms with Crippen LogP contribution < -0.4 is 0 Å². The molecule has 0 spiro atoms. The SMILES string of the molecule is O=C(O)C1CC2CCC1N2C(=O)C1CCCCC1. The summed E-state index contributed by atoms with van der Waals surface area (Å²) in [5.41, 5.74) is 0. The van der Waals surface area contributed by atoms with Crippen LogP contribution in [0.4, 0.5) is 0 Å². The van der Waals surface area contributed by atoms with Crippen LogP contribution in [0.2, 0.25) is 0 Å². The molecule has 0 aromatic heterocycles.